The zero-order valence-electron chi connectivity index (χ0n) is 29.1. The van der Waals surface area contributed by atoms with Gasteiger partial charge in [-0.1, -0.05) is 75.1 Å². The summed E-state index contributed by atoms with van der Waals surface area (Å²) in [6.45, 7) is 4.51. The Morgan fingerprint density at radius 3 is 2.02 bits per heavy atom. The van der Waals surface area contributed by atoms with Crippen LogP contribution in [0.3, 0.4) is 0 Å². The molecule has 0 unspecified atom stereocenters. The molecule has 1 N–H and O–H groups in total. The van der Waals surface area contributed by atoms with E-state index in [2.05, 4.69) is 12.2 Å². The van der Waals surface area contributed by atoms with Crippen molar-refractivity contribution in [3.63, 3.8) is 0 Å². The van der Waals surface area contributed by atoms with Crippen molar-refractivity contribution in [1.29, 1.82) is 0 Å². The smallest absolute Gasteiger partial charge is 0.343 e. The number of nitrogens with one attached hydrogen (secondary N) is 1. The van der Waals surface area contributed by atoms with Gasteiger partial charge < -0.3 is 24.4 Å². The number of ether oxygens (including phenoxy) is 3. The van der Waals surface area contributed by atoms with Crippen molar-refractivity contribution in [1.82, 2.24) is 4.90 Å². The highest BCUT2D eigenvalue weighted by Crippen LogP contribution is 2.20. The molecule has 0 saturated heterocycles. The number of likely N-dealkylation sites (N-methyl/N-ethyl adjacent to an activating group) is 1. The number of carbonyl (C=O) groups is 4. The first-order valence-corrected chi connectivity index (χ1v) is 17.1. The summed E-state index contributed by atoms with van der Waals surface area (Å²) in [5.41, 5.74) is 3.08. The average molecular weight is 679 g/mol. The molecule has 2 amide bonds. The van der Waals surface area contributed by atoms with E-state index in [4.69, 9.17) is 14.2 Å². The maximum Gasteiger partial charge on any atom is 0.343 e. The summed E-state index contributed by atoms with van der Waals surface area (Å²) in [5, 5.41) is 2.76. The van der Waals surface area contributed by atoms with Crippen LogP contribution in [0.1, 0.15) is 77.8 Å². The molecule has 4 aromatic carbocycles. The predicted molar refractivity (Wildman–Crippen MR) is 194 cm³/mol. The van der Waals surface area contributed by atoms with Gasteiger partial charge in [-0.2, -0.15) is 0 Å². The number of carbonyl (C=O) groups excluding carboxylic acids is 4. The van der Waals surface area contributed by atoms with E-state index < -0.39 is 12.0 Å². The molecule has 1 atom stereocenters. The number of benzene rings is 4. The summed E-state index contributed by atoms with van der Waals surface area (Å²) < 4.78 is 16.8. The molecule has 0 bridgehead atoms. The van der Waals surface area contributed by atoms with Crippen LogP contribution in [0.25, 0.3) is 0 Å². The molecule has 0 aliphatic carbocycles. The lowest BCUT2D eigenvalue weighted by Crippen LogP contribution is -2.43. The molecule has 0 radical (unpaired) electrons. The van der Waals surface area contributed by atoms with Gasteiger partial charge in [-0.3, -0.25) is 14.4 Å². The second-order valence-electron chi connectivity index (χ2n) is 12.2. The Morgan fingerprint density at radius 1 is 0.720 bits per heavy atom. The zero-order chi connectivity index (χ0) is 35.7. The average Bonchev–Trinajstić information content (AvgIpc) is 3.13. The normalized spacial score (nSPS) is 11.3. The second-order valence-corrected chi connectivity index (χ2v) is 12.2. The predicted octanol–water partition coefficient (Wildman–Crippen LogP) is 7.68. The number of rotatable bonds is 19. The van der Waals surface area contributed by atoms with Gasteiger partial charge in [-0.25, -0.2) is 4.79 Å². The van der Waals surface area contributed by atoms with E-state index in [1.165, 1.54) is 31.1 Å². The van der Waals surface area contributed by atoms with Gasteiger partial charge in [0.1, 0.15) is 18.1 Å². The third-order valence-electron chi connectivity index (χ3n) is 8.19. The minimum absolute atomic E-state index is 0.106. The van der Waals surface area contributed by atoms with Gasteiger partial charge in [0.2, 0.25) is 5.91 Å². The Kier molecular flexibility index (Phi) is 14.8. The van der Waals surface area contributed by atoms with Crippen LogP contribution in [0, 0.1) is 0 Å². The number of Topliss-reactive ketones (excluding diaryl/α,β-unsaturated/α-hetero) is 1. The minimum Gasteiger partial charge on any atom is -0.494 e. The van der Waals surface area contributed by atoms with Crippen LogP contribution >= 0.6 is 0 Å². The number of esters is 1. The quantitative estimate of drug-likeness (QED) is 0.0615. The topological polar surface area (TPSA) is 111 Å². The third kappa shape index (κ3) is 12.0. The molecule has 0 aliphatic heterocycles. The molecule has 4 rings (SSSR count). The molecule has 0 spiro atoms. The molecule has 0 aromatic heterocycles. The third-order valence-corrected chi connectivity index (χ3v) is 8.19. The Morgan fingerprint density at radius 2 is 1.36 bits per heavy atom. The van der Waals surface area contributed by atoms with Gasteiger partial charge >= 0.3 is 5.97 Å². The maximum absolute atomic E-state index is 13.3. The fourth-order valence-electron chi connectivity index (χ4n) is 5.29. The van der Waals surface area contributed by atoms with Gasteiger partial charge in [-0.15, -0.1) is 0 Å². The van der Waals surface area contributed by atoms with Crippen molar-refractivity contribution >= 4 is 29.3 Å². The molecule has 0 fully saturated rings. The first-order valence-electron chi connectivity index (χ1n) is 17.1. The number of hydrogen-bond donors (Lipinski definition) is 1. The van der Waals surface area contributed by atoms with E-state index in [9.17, 15) is 19.2 Å². The van der Waals surface area contributed by atoms with Crippen LogP contribution < -0.4 is 14.8 Å². The zero-order valence-corrected chi connectivity index (χ0v) is 29.1. The monoisotopic (exact) mass is 678 g/mol. The van der Waals surface area contributed by atoms with Crippen LogP contribution in [-0.2, 0) is 27.4 Å². The highest BCUT2D eigenvalue weighted by atomic mass is 16.5. The van der Waals surface area contributed by atoms with Crippen molar-refractivity contribution in [3.8, 4) is 11.5 Å². The minimum atomic E-state index is -0.714. The van der Waals surface area contributed by atoms with Gasteiger partial charge in [0, 0.05) is 18.3 Å². The van der Waals surface area contributed by atoms with E-state index >= 15 is 0 Å². The molecule has 9 heteroatoms. The molecule has 4 aromatic rings. The van der Waals surface area contributed by atoms with E-state index in [-0.39, 0.29) is 30.6 Å². The molecule has 262 valence electrons. The van der Waals surface area contributed by atoms with Crippen molar-refractivity contribution in [3.05, 3.63) is 125 Å². The maximum atomic E-state index is 13.3. The van der Waals surface area contributed by atoms with Crippen molar-refractivity contribution < 1.29 is 33.4 Å². The highest BCUT2D eigenvalue weighted by Gasteiger charge is 2.25. The van der Waals surface area contributed by atoms with Gasteiger partial charge in [0.15, 0.2) is 5.78 Å². The lowest BCUT2D eigenvalue weighted by molar-refractivity contribution is -0.121. The summed E-state index contributed by atoms with van der Waals surface area (Å²) in [6, 6.07) is 29.1. The Balaban J connectivity index is 1.25. The molecule has 9 nitrogen and oxygen atoms in total. The SMILES string of the molecule is CCCCCCCOc1ccc(C(=O)Oc2ccc(C[C@@H](C(C)=O)N(C)C(=O)c3ccc(NC(=O)COCc4ccccc4)cc3)cc2)cc1. The Labute approximate surface area is 294 Å². The summed E-state index contributed by atoms with van der Waals surface area (Å²) in [4.78, 5) is 52.4. The summed E-state index contributed by atoms with van der Waals surface area (Å²) in [5.74, 6) is -0.213. The molecule has 0 saturated carbocycles. The summed E-state index contributed by atoms with van der Waals surface area (Å²) >= 11 is 0. The number of hydrogen-bond acceptors (Lipinski definition) is 7. The molecule has 50 heavy (non-hydrogen) atoms. The number of unbranched alkanes of at least 4 members (excludes halogenated alkanes) is 4. The van der Waals surface area contributed by atoms with Crippen molar-refractivity contribution in [2.75, 3.05) is 25.6 Å². The fraction of sp³-hybridized carbons (Fsp3) is 0.317. The first kappa shape index (κ1) is 37.5. The largest absolute Gasteiger partial charge is 0.494 e. The van der Waals surface area contributed by atoms with Crippen LogP contribution in [0.5, 0.6) is 11.5 Å². The van der Waals surface area contributed by atoms with Crippen LogP contribution in [-0.4, -0.2) is 54.8 Å². The number of nitrogens with zero attached hydrogens (tertiary/aromatic N) is 1. The lowest BCUT2D eigenvalue weighted by atomic mass is 10.0. The van der Waals surface area contributed by atoms with Crippen molar-refractivity contribution in [2.24, 2.45) is 0 Å². The van der Waals surface area contributed by atoms with Gasteiger partial charge in [0.25, 0.3) is 5.91 Å². The number of amides is 2. The van der Waals surface area contributed by atoms with E-state index in [0.29, 0.717) is 41.5 Å². The summed E-state index contributed by atoms with van der Waals surface area (Å²) in [7, 11) is 1.59. The highest BCUT2D eigenvalue weighted by molar-refractivity contribution is 5.98. The number of ketones is 1. The lowest BCUT2D eigenvalue weighted by Gasteiger charge is -2.26. The Bertz CT molecular complexity index is 1670. The van der Waals surface area contributed by atoms with Crippen LogP contribution in [0.2, 0.25) is 0 Å². The fourth-order valence-corrected chi connectivity index (χ4v) is 5.29. The van der Waals surface area contributed by atoms with E-state index in [1.807, 2.05) is 30.3 Å². The van der Waals surface area contributed by atoms with Gasteiger partial charge in [-0.05, 0) is 91.6 Å². The Hall–Kier alpha value is -5.28. The summed E-state index contributed by atoms with van der Waals surface area (Å²) in [6.07, 6.45) is 6.09. The molecule has 0 aliphatic rings. The molecular formula is C41H46N2O7. The molecule has 0 heterocycles. The first-order chi connectivity index (χ1) is 24.2. The van der Waals surface area contributed by atoms with E-state index in [0.717, 1.165) is 24.0 Å². The van der Waals surface area contributed by atoms with Crippen LogP contribution in [0.4, 0.5) is 5.69 Å². The van der Waals surface area contributed by atoms with Crippen LogP contribution in [0.15, 0.2) is 103 Å². The standard InChI is InChI=1S/C41H46N2O7/c1-4-5-6-7-11-26-49-36-24-18-34(19-25-36)41(47)50-37-22-14-31(15-23-37)27-38(30(2)44)43(3)40(46)33-16-20-35(21-17-33)42-39(45)29-48-28-32-12-9-8-10-13-32/h8-10,12-25,38H,4-7,11,26-29H2,1-3H3,(H,42,45)/t38-/m0/s1. The van der Waals surface area contributed by atoms with E-state index in [1.54, 1.807) is 79.8 Å². The number of anilines is 1. The molecular weight excluding hydrogens is 632 g/mol. The second kappa shape index (κ2) is 19.7. The van der Waals surface area contributed by atoms with Gasteiger partial charge in [0.05, 0.1) is 24.8 Å². The van der Waals surface area contributed by atoms with Crippen molar-refractivity contribution in [2.45, 2.75) is 65.0 Å².